The van der Waals surface area contributed by atoms with Crippen molar-refractivity contribution in [2.24, 2.45) is 0 Å². The summed E-state index contributed by atoms with van der Waals surface area (Å²) in [6.45, 7) is 4.37. The molecule has 0 saturated carbocycles. The lowest BCUT2D eigenvalue weighted by Gasteiger charge is -2.07. The molecule has 4 nitrogen and oxygen atoms in total. The molecule has 0 amide bonds. The maximum atomic E-state index is 11.6. The molecule has 0 aliphatic heterocycles. The van der Waals surface area contributed by atoms with Crippen molar-refractivity contribution in [1.82, 2.24) is 4.57 Å². The first-order valence-electron chi connectivity index (χ1n) is 5.48. The number of ether oxygens (including phenoxy) is 2. The molecule has 1 heterocycles. The van der Waals surface area contributed by atoms with Crippen molar-refractivity contribution in [1.29, 1.82) is 0 Å². The van der Waals surface area contributed by atoms with Crippen molar-refractivity contribution in [3.63, 3.8) is 0 Å². The molecule has 0 N–H and O–H groups in total. The van der Waals surface area contributed by atoms with Gasteiger partial charge in [0.05, 0.1) is 6.61 Å². The number of rotatable bonds is 7. The van der Waals surface area contributed by atoms with Gasteiger partial charge in [-0.25, -0.2) is 0 Å². The lowest BCUT2D eigenvalue weighted by atomic mass is 10.3. The van der Waals surface area contributed by atoms with Gasteiger partial charge in [-0.2, -0.15) is 0 Å². The van der Waals surface area contributed by atoms with Crippen LogP contribution < -0.4 is 5.56 Å². The van der Waals surface area contributed by atoms with E-state index < -0.39 is 0 Å². The molecular formula is C12H19NO3. The molecule has 0 spiro atoms. The predicted octanol–water partition coefficient (Wildman–Crippen LogP) is 1.21. The molecule has 16 heavy (non-hydrogen) atoms. The molecule has 0 aliphatic carbocycles. The third-order valence-electron chi connectivity index (χ3n) is 2.32. The number of aryl methyl sites for hydroxylation is 1. The van der Waals surface area contributed by atoms with Crippen molar-refractivity contribution in [3.05, 3.63) is 34.2 Å². The molecule has 90 valence electrons. The quantitative estimate of drug-likeness (QED) is 0.655. The van der Waals surface area contributed by atoms with Gasteiger partial charge in [0.25, 0.3) is 5.56 Å². The van der Waals surface area contributed by atoms with Crippen LogP contribution in [0.1, 0.15) is 12.0 Å². The Balaban J connectivity index is 2.27. The first-order chi connectivity index (χ1) is 7.75. The van der Waals surface area contributed by atoms with E-state index in [4.69, 9.17) is 9.47 Å². The van der Waals surface area contributed by atoms with Gasteiger partial charge >= 0.3 is 0 Å². The van der Waals surface area contributed by atoms with Crippen LogP contribution in [0.4, 0.5) is 0 Å². The maximum Gasteiger partial charge on any atom is 0.253 e. The van der Waals surface area contributed by atoms with E-state index in [1.165, 1.54) is 0 Å². The SMILES string of the molecule is COCCCOCCn1cccc(C)c1=O. The first kappa shape index (κ1) is 12.9. The predicted molar refractivity (Wildman–Crippen MR) is 62.8 cm³/mol. The molecule has 1 rings (SSSR count). The fourth-order valence-electron chi connectivity index (χ4n) is 1.40. The average Bonchev–Trinajstić information content (AvgIpc) is 2.29. The fraction of sp³-hybridized carbons (Fsp3) is 0.583. The second kappa shape index (κ2) is 7.19. The van der Waals surface area contributed by atoms with Crippen molar-refractivity contribution < 1.29 is 9.47 Å². The Labute approximate surface area is 95.8 Å². The number of nitrogens with zero attached hydrogens (tertiary/aromatic N) is 1. The summed E-state index contributed by atoms with van der Waals surface area (Å²) in [5.74, 6) is 0. The van der Waals surface area contributed by atoms with Crippen molar-refractivity contribution in [3.8, 4) is 0 Å². The summed E-state index contributed by atoms with van der Waals surface area (Å²) < 4.78 is 12.0. The maximum absolute atomic E-state index is 11.6. The van der Waals surface area contributed by atoms with Gasteiger partial charge in [-0.1, -0.05) is 6.07 Å². The van der Waals surface area contributed by atoms with Gasteiger partial charge in [0.2, 0.25) is 0 Å². The Morgan fingerprint density at radius 1 is 1.31 bits per heavy atom. The number of hydrogen-bond donors (Lipinski definition) is 0. The van der Waals surface area contributed by atoms with E-state index in [1.54, 1.807) is 17.9 Å². The van der Waals surface area contributed by atoms with Gasteiger partial charge in [0.1, 0.15) is 0 Å². The molecule has 0 aliphatic rings. The highest BCUT2D eigenvalue weighted by Gasteiger charge is 1.97. The van der Waals surface area contributed by atoms with Gasteiger partial charge in [0.15, 0.2) is 0 Å². The minimum atomic E-state index is 0.0583. The first-order valence-corrected chi connectivity index (χ1v) is 5.48. The number of hydrogen-bond acceptors (Lipinski definition) is 3. The molecular weight excluding hydrogens is 206 g/mol. The summed E-state index contributed by atoms with van der Waals surface area (Å²) in [6.07, 6.45) is 2.67. The van der Waals surface area contributed by atoms with Gasteiger partial charge in [0, 0.05) is 38.6 Å². The molecule has 0 saturated heterocycles. The Bertz CT molecular complexity index is 360. The van der Waals surface area contributed by atoms with Crippen molar-refractivity contribution in [2.75, 3.05) is 26.9 Å². The number of aromatic nitrogens is 1. The Kier molecular flexibility index (Phi) is 5.82. The van der Waals surface area contributed by atoms with Crippen LogP contribution in [-0.2, 0) is 16.0 Å². The molecule has 1 aromatic rings. The molecule has 0 atom stereocenters. The highest BCUT2D eigenvalue weighted by atomic mass is 16.5. The molecule has 1 aromatic heterocycles. The molecule has 0 unspecified atom stereocenters. The van der Waals surface area contributed by atoms with Gasteiger partial charge in [-0.15, -0.1) is 0 Å². The monoisotopic (exact) mass is 225 g/mol. The van der Waals surface area contributed by atoms with Crippen LogP contribution in [0.5, 0.6) is 0 Å². The van der Waals surface area contributed by atoms with Crippen molar-refractivity contribution in [2.45, 2.75) is 19.9 Å². The summed E-state index contributed by atoms with van der Waals surface area (Å²) in [4.78, 5) is 11.6. The summed E-state index contributed by atoms with van der Waals surface area (Å²) in [5.41, 5.74) is 0.824. The lowest BCUT2D eigenvalue weighted by Crippen LogP contribution is -2.23. The summed E-state index contributed by atoms with van der Waals surface area (Å²) in [7, 11) is 1.67. The van der Waals surface area contributed by atoms with Gasteiger partial charge in [-0.05, 0) is 19.4 Å². The molecule has 0 bridgehead atoms. The highest BCUT2D eigenvalue weighted by molar-refractivity contribution is 5.07. The van der Waals surface area contributed by atoms with E-state index in [2.05, 4.69) is 0 Å². The van der Waals surface area contributed by atoms with Crippen LogP contribution in [0, 0.1) is 6.92 Å². The zero-order valence-corrected chi connectivity index (χ0v) is 9.94. The molecule has 4 heteroatoms. The summed E-state index contributed by atoms with van der Waals surface area (Å²) in [6, 6.07) is 3.69. The largest absolute Gasteiger partial charge is 0.385 e. The number of methoxy groups -OCH3 is 1. The standard InChI is InChI=1S/C12H19NO3/c1-11-5-3-6-13(12(11)14)7-10-16-9-4-8-15-2/h3,5-6H,4,7-10H2,1-2H3. The topological polar surface area (TPSA) is 40.5 Å². The third-order valence-corrected chi connectivity index (χ3v) is 2.32. The fourth-order valence-corrected chi connectivity index (χ4v) is 1.40. The Morgan fingerprint density at radius 3 is 2.88 bits per heavy atom. The normalized spacial score (nSPS) is 10.6. The second-order valence-corrected chi connectivity index (χ2v) is 3.65. The molecule has 0 aromatic carbocycles. The van der Waals surface area contributed by atoms with Crippen molar-refractivity contribution >= 4 is 0 Å². The Hall–Kier alpha value is -1.13. The van der Waals surface area contributed by atoms with E-state index in [0.29, 0.717) is 26.4 Å². The van der Waals surface area contributed by atoms with Crippen LogP contribution in [-0.4, -0.2) is 31.5 Å². The smallest absolute Gasteiger partial charge is 0.253 e. The third kappa shape index (κ3) is 4.16. The van der Waals surface area contributed by atoms with Crippen LogP contribution in [0.3, 0.4) is 0 Å². The van der Waals surface area contributed by atoms with Crippen LogP contribution in [0.15, 0.2) is 23.1 Å². The van der Waals surface area contributed by atoms with Gasteiger partial charge in [-0.3, -0.25) is 4.79 Å². The molecule has 0 radical (unpaired) electrons. The van der Waals surface area contributed by atoms with Crippen LogP contribution >= 0.6 is 0 Å². The highest BCUT2D eigenvalue weighted by Crippen LogP contribution is 1.90. The van der Waals surface area contributed by atoms with Crippen LogP contribution in [0.2, 0.25) is 0 Å². The van der Waals surface area contributed by atoms with E-state index >= 15 is 0 Å². The van der Waals surface area contributed by atoms with Gasteiger partial charge < -0.3 is 14.0 Å². The number of pyridine rings is 1. The minimum Gasteiger partial charge on any atom is -0.385 e. The summed E-state index contributed by atoms with van der Waals surface area (Å²) >= 11 is 0. The van der Waals surface area contributed by atoms with E-state index in [0.717, 1.165) is 12.0 Å². The van der Waals surface area contributed by atoms with E-state index in [-0.39, 0.29) is 5.56 Å². The second-order valence-electron chi connectivity index (χ2n) is 3.65. The van der Waals surface area contributed by atoms with Crippen LogP contribution in [0.25, 0.3) is 0 Å². The molecule has 0 fully saturated rings. The Morgan fingerprint density at radius 2 is 2.12 bits per heavy atom. The summed E-state index contributed by atoms with van der Waals surface area (Å²) in [5, 5.41) is 0. The van der Waals surface area contributed by atoms with E-state index in [9.17, 15) is 4.79 Å². The average molecular weight is 225 g/mol. The minimum absolute atomic E-state index is 0.0583. The van der Waals surface area contributed by atoms with E-state index in [1.807, 2.05) is 19.1 Å². The lowest BCUT2D eigenvalue weighted by molar-refractivity contribution is 0.0972. The zero-order valence-electron chi connectivity index (χ0n) is 9.94. The zero-order chi connectivity index (χ0) is 11.8.